The van der Waals surface area contributed by atoms with E-state index < -0.39 is 11.7 Å². The van der Waals surface area contributed by atoms with Crippen LogP contribution in [0.25, 0.3) is 10.2 Å². The Morgan fingerprint density at radius 3 is 2.56 bits per heavy atom. The van der Waals surface area contributed by atoms with Crippen LogP contribution in [0.3, 0.4) is 0 Å². The second-order valence-electron chi connectivity index (χ2n) is 9.82. The van der Waals surface area contributed by atoms with Crippen LogP contribution in [0, 0.1) is 0 Å². The van der Waals surface area contributed by atoms with Gasteiger partial charge in [0, 0.05) is 37.5 Å². The third-order valence-electron chi connectivity index (χ3n) is 5.90. The van der Waals surface area contributed by atoms with Crippen LogP contribution >= 0.6 is 11.3 Å². The summed E-state index contributed by atoms with van der Waals surface area (Å²) in [4.78, 5) is 42.1. The molecule has 0 atom stereocenters. The molecule has 4 rings (SSSR count). The number of likely N-dealkylation sites (tertiary alicyclic amines) is 1. The SMILES string of the molecule is C=CC1=C(C=C)C(=O)CC2(CCN(C)CC2)O1.CC(C)(C)OC(=O)Nc1sc2ncccc2c1C=O. The van der Waals surface area contributed by atoms with Crippen molar-refractivity contribution < 1.29 is 23.9 Å². The summed E-state index contributed by atoms with van der Waals surface area (Å²) in [5.74, 6) is 0.728. The molecule has 2 aromatic rings. The largest absolute Gasteiger partial charge is 0.486 e. The molecule has 0 unspecified atom stereocenters. The number of ether oxygens (including phenoxy) is 2. The van der Waals surface area contributed by atoms with E-state index in [1.165, 1.54) is 11.3 Å². The van der Waals surface area contributed by atoms with Crippen LogP contribution in [0.15, 0.2) is 55.0 Å². The third-order valence-corrected chi connectivity index (χ3v) is 6.94. The van der Waals surface area contributed by atoms with Gasteiger partial charge in [0.1, 0.15) is 26.8 Å². The molecule has 36 heavy (non-hydrogen) atoms. The van der Waals surface area contributed by atoms with Gasteiger partial charge in [-0.1, -0.05) is 30.6 Å². The second-order valence-corrected chi connectivity index (χ2v) is 10.8. The van der Waals surface area contributed by atoms with Gasteiger partial charge in [0.05, 0.1) is 17.6 Å². The van der Waals surface area contributed by atoms with E-state index in [2.05, 4.69) is 35.4 Å². The van der Waals surface area contributed by atoms with Crippen molar-refractivity contribution >= 4 is 44.7 Å². The fraction of sp³-hybridized carbons (Fsp3) is 0.407. The average Bonchev–Trinajstić information content (AvgIpc) is 3.16. The van der Waals surface area contributed by atoms with Crippen LogP contribution in [0.1, 0.15) is 50.4 Å². The Labute approximate surface area is 215 Å². The molecular formula is C27H33N3O5S. The first-order valence-electron chi connectivity index (χ1n) is 11.7. The molecule has 2 aromatic heterocycles. The minimum atomic E-state index is -0.583. The molecular weight excluding hydrogens is 478 g/mol. The van der Waals surface area contributed by atoms with E-state index in [0.717, 1.165) is 31.3 Å². The summed E-state index contributed by atoms with van der Waals surface area (Å²) in [6.07, 6.45) is 7.24. The second kappa shape index (κ2) is 11.2. The molecule has 0 aromatic carbocycles. The zero-order valence-corrected chi connectivity index (χ0v) is 22.1. The van der Waals surface area contributed by atoms with Crippen LogP contribution in [0.5, 0.6) is 0 Å². The number of piperidine rings is 1. The number of carbonyl (C=O) groups is 3. The molecule has 1 N–H and O–H groups in total. The van der Waals surface area contributed by atoms with E-state index >= 15 is 0 Å². The number of hydrogen-bond donors (Lipinski definition) is 1. The molecule has 1 amide bonds. The van der Waals surface area contributed by atoms with E-state index in [0.29, 0.717) is 39.4 Å². The summed E-state index contributed by atoms with van der Waals surface area (Å²) in [6, 6.07) is 3.54. The molecule has 0 aliphatic carbocycles. The van der Waals surface area contributed by atoms with Gasteiger partial charge >= 0.3 is 6.09 Å². The van der Waals surface area contributed by atoms with Gasteiger partial charge in [-0.15, -0.1) is 0 Å². The lowest BCUT2D eigenvalue weighted by atomic mass is 9.82. The topological polar surface area (TPSA) is 97.8 Å². The number of amides is 1. The van der Waals surface area contributed by atoms with E-state index in [-0.39, 0.29) is 11.4 Å². The van der Waals surface area contributed by atoms with Crippen molar-refractivity contribution in [1.29, 1.82) is 0 Å². The fourth-order valence-electron chi connectivity index (χ4n) is 4.08. The number of pyridine rings is 1. The zero-order valence-electron chi connectivity index (χ0n) is 21.3. The maximum absolute atomic E-state index is 12.1. The number of ketones is 1. The molecule has 8 nitrogen and oxygen atoms in total. The molecule has 1 saturated heterocycles. The number of Topliss-reactive ketones (excluding diaryl/α,β-unsaturated/α-hetero) is 1. The Kier molecular flexibility index (Phi) is 8.47. The first kappa shape index (κ1) is 27.3. The Bertz CT molecular complexity index is 1200. The molecule has 2 aliphatic rings. The number of aromatic nitrogens is 1. The lowest BCUT2D eigenvalue weighted by Crippen LogP contribution is -2.47. The standard InChI is InChI=1S/C14H19NO2.C13H14N2O3S/c1-4-11-12(16)10-14(17-13(11)5-2)6-8-15(3)9-7-14;1-13(2,3)18-12(17)15-11-9(7-16)8-5-4-6-14-10(8)19-11/h4-5H,1-2,6-10H2,3H3;4-7H,1-3H3,(H,15,17). The van der Waals surface area contributed by atoms with Gasteiger partial charge in [-0.25, -0.2) is 9.78 Å². The highest BCUT2D eigenvalue weighted by Gasteiger charge is 2.42. The summed E-state index contributed by atoms with van der Waals surface area (Å²) in [6.45, 7) is 14.7. The minimum Gasteiger partial charge on any atom is -0.486 e. The van der Waals surface area contributed by atoms with Crippen LogP contribution in [0.2, 0.25) is 0 Å². The predicted octanol–water partition coefficient (Wildman–Crippen LogP) is 5.52. The number of fused-ring (bicyclic) bond motifs is 1. The van der Waals surface area contributed by atoms with Gasteiger partial charge in [-0.3, -0.25) is 14.9 Å². The molecule has 9 heteroatoms. The highest BCUT2D eigenvalue weighted by Crippen LogP contribution is 2.38. The van der Waals surface area contributed by atoms with Gasteiger partial charge in [-0.2, -0.15) is 0 Å². The number of allylic oxidation sites excluding steroid dienone is 3. The molecule has 4 heterocycles. The number of aldehydes is 1. The summed E-state index contributed by atoms with van der Waals surface area (Å²) >= 11 is 1.25. The summed E-state index contributed by atoms with van der Waals surface area (Å²) in [5, 5.41) is 3.78. The number of rotatable bonds is 4. The predicted molar refractivity (Wildman–Crippen MR) is 142 cm³/mol. The Morgan fingerprint density at radius 1 is 1.28 bits per heavy atom. The van der Waals surface area contributed by atoms with Crippen molar-refractivity contribution in [3.63, 3.8) is 0 Å². The van der Waals surface area contributed by atoms with Gasteiger partial charge in [0.15, 0.2) is 12.1 Å². The van der Waals surface area contributed by atoms with Gasteiger partial charge < -0.3 is 14.4 Å². The van der Waals surface area contributed by atoms with Crippen molar-refractivity contribution in [3.05, 3.63) is 60.5 Å². The van der Waals surface area contributed by atoms with Crippen LogP contribution in [-0.4, -0.2) is 59.4 Å². The van der Waals surface area contributed by atoms with Crippen molar-refractivity contribution in [2.75, 3.05) is 25.5 Å². The molecule has 0 radical (unpaired) electrons. The van der Waals surface area contributed by atoms with Crippen LogP contribution in [-0.2, 0) is 14.3 Å². The van der Waals surface area contributed by atoms with E-state index in [1.807, 2.05) is 0 Å². The highest BCUT2D eigenvalue weighted by molar-refractivity contribution is 7.23. The first-order chi connectivity index (χ1) is 17.0. The lowest BCUT2D eigenvalue weighted by Gasteiger charge is -2.43. The van der Waals surface area contributed by atoms with Crippen molar-refractivity contribution in [2.24, 2.45) is 0 Å². The Hall–Kier alpha value is -3.30. The maximum Gasteiger partial charge on any atom is 0.412 e. The Morgan fingerprint density at radius 2 is 1.97 bits per heavy atom. The number of carbonyl (C=O) groups excluding carboxylic acids is 3. The average molecular weight is 512 g/mol. The number of nitrogens with zero attached hydrogens (tertiary/aromatic N) is 2. The van der Waals surface area contributed by atoms with Crippen molar-refractivity contribution in [1.82, 2.24) is 9.88 Å². The number of nitrogens with one attached hydrogen (secondary N) is 1. The fourth-order valence-corrected chi connectivity index (χ4v) is 5.08. The van der Waals surface area contributed by atoms with E-state index in [1.54, 1.807) is 51.3 Å². The molecule has 1 fully saturated rings. The molecule has 0 bridgehead atoms. The van der Waals surface area contributed by atoms with Crippen LogP contribution < -0.4 is 5.32 Å². The zero-order chi connectivity index (χ0) is 26.5. The van der Waals surface area contributed by atoms with Crippen molar-refractivity contribution in [3.8, 4) is 0 Å². The molecule has 2 aliphatic heterocycles. The number of anilines is 1. The smallest absolute Gasteiger partial charge is 0.412 e. The van der Waals surface area contributed by atoms with E-state index in [9.17, 15) is 14.4 Å². The molecule has 192 valence electrons. The Balaban J connectivity index is 0.000000202. The van der Waals surface area contributed by atoms with Crippen LogP contribution in [0.4, 0.5) is 9.80 Å². The summed E-state index contributed by atoms with van der Waals surface area (Å²) in [5.41, 5.74) is 0.114. The van der Waals surface area contributed by atoms with Gasteiger partial charge in [0.2, 0.25) is 0 Å². The number of thiophene rings is 1. The normalized spacial score (nSPS) is 17.6. The quantitative estimate of drug-likeness (QED) is 0.540. The monoisotopic (exact) mass is 511 g/mol. The molecule has 0 saturated carbocycles. The molecule has 1 spiro atoms. The summed E-state index contributed by atoms with van der Waals surface area (Å²) in [7, 11) is 2.09. The van der Waals surface area contributed by atoms with Gasteiger partial charge in [0.25, 0.3) is 0 Å². The maximum atomic E-state index is 12.1. The first-order valence-corrected chi connectivity index (χ1v) is 12.5. The third kappa shape index (κ3) is 6.47. The lowest BCUT2D eigenvalue weighted by molar-refractivity contribution is -0.127. The summed E-state index contributed by atoms with van der Waals surface area (Å²) < 4.78 is 11.2. The van der Waals surface area contributed by atoms with Crippen molar-refractivity contribution in [2.45, 2.75) is 51.2 Å². The van der Waals surface area contributed by atoms with Gasteiger partial charge in [-0.05, 0) is 46.0 Å². The highest BCUT2D eigenvalue weighted by atomic mass is 32.1. The minimum absolute atomic E-state index is 0.130. The van der Waals surface area contributed by atoms with E-state index in [4.69, 9.17) is 9.47 Å². The number of hydrogen-bond acceptors (Lipinski definition) is 8.